The Hall–Kier alpha value is 0.452. The molecule has 25 heavy (non-hydrogen) atoms. The summed E-state index contributed by atoms with van der Waals surface area (Å²) in [5.74, 6) is 0. The summed E-state index contributed by atoms with van der Waals surface area (Å²) in [5.41, 5.74) is 4.09. The molecule has 0 aromatic heterocycles. The van der Waals surface area contributed by atoms with Crippen LogP contribution in [0.3, 0.4) is 0 Å². The molecule has 0 aliphatic carbocycles. The van der Waals surface area contributed by atoms with Crippen LogP contribution in [0.15, 0.2) is 72.8 Å². The first-order valence-corrected chi connectivity index (χ1v) is 7.22. The van der Waals surface area contributed by atoms with Crippen LogP contribution in [0.5, 0.6) is 0 Å². The van der Waals surface area contributed by atoms with Gasteiger partial charge in [0.1, 0.15) is 0 Å². The van der Waals surface area contributed by atoms with Gasteiger partial charge in [-0.05, 0) is 0 Å². The molecule has 4 aromatic rings. The van der Waals surface area contributed by atoms with Gasteiger partial charge >= 0.3 is 0 Å². The van der Waals surface area contributed by atoms with Crippen LogP contribution in [0.2, 0.25) is 0 Å². The van der Waals surface area contributed by atoms with E-state index >= 15 is 0 Å². The average Bonchev–Trinajstić information content (AvgIpc) is 2.62. The van der Waals surface area contributed by atoms with Crippen molar-refractivity contribution in [3.05, 3.63) is 97.1 Å². The molecule has 0 saturated carbocycles. The monoisotopic (exact) mass is 543 g/mol. The van der Waals surface area contributed by atoms with Gasteiger partial charge in [0.2, 0.25) is 0 Å². The van der Waals surface area contributed by atoms with Gasteiger partial charge in [0, 0.05) is 98.1 Å². The number of benzene rings is 4. The predicted octanol–water partition coefficient (Wildman–Crippen LogP) is 5.37. The molecule has 0 bridgehead atoms. The van der Waals surface area contributed by atoms with E-state index in [1.807, 2.05) is 48.5 Å². The van der Waals surface area contributed by atoms with E-state index < -0.39 is 0 Å². The number of hydrogen-bond donors (Lipinski definition) is 0. The van der Waals surface area contributed by atoms with Crippen LogP contribution in [0.25, 0.3) is 33.0 Å². The summed E-state index contributed by atoms with van der Waals surface area (Å²) >= 11 is 0. The molecule has 0 saturated heterocycles. The van der Waals surface area contributed by atoms with Crippen molar-refractivity contribution >= 4 is 10.8 Å². The van der Waals surface area contributed by atoms with Crippen molar-refractivity contribution in [2.75, 3.05) is 0 Å². The van der Waals surface area contributed by atoms with Gasteiger partial charge in [-0.25, -0.2) is 46.5 Å². The molecule has 0 nitrogen and oxygen atoms in total. The molecule has 0 spiro atoms. The van der Waals surface area contributed by atoms with Crippen molar-refractivity contribution in [2.24, 2.45) is 0 Å². The molecule has 0 aliphatic rings. The Bertz CT molecular complexity index is 916. The van der Waals surface area contributed by atoms with E-state index in [0.717, 1.165) is 27.6 Å². The molecule has 3 radical (unpaired) electrons. The third kappa shape index (κ3) is 5.71. The zero-order valence-corrected chi connectivity index (χ0v) is 22.2. The summed E-state index contributed by atoms with van der Waals surface area (Å²) in [7, 11) is 0. The maximum Gasteiger partial charge on any atom is 0 e. The first-order valence-electron chi connectivity index (χ1n) is 7.22. The third-order valence-electron chi connectivity index (χ3n) is 3.69. The maximum atomic E-state index is 3.44. The minimum absolute atomic E-state index is 0. The molecule has 4 rings (SSSR count). The summed E-state index contributed by atoms with van der Waals surface area (Å²) in [6.07, 6.45) is 0. The smallest absolute Gasteiger partial charge is 0 e. The van der Waals surface area contributed by atoms with Crippen LogP contribution in [0.4, 0.5) is 0 Å². The van der Waals surface area contributed by atoms with E-state index in [9.17, 15) is 0 Å². The molecule has 0 fully saturated rings. The van der Waals surface area contributed by atoms with Crippen molar-refractivity contribution in [3.63, 3.8) is 0 Å². The standard InChI is InChI=1S/C22H12.3Y/c1-2-6-17(7-3-1)19-10-12-20(13-11-19)22-15-14-18-8-4-5-9-21(18)16-22;;;/h1-6,8-10,13-15H;;;/q-4;;;. The summed E-state index contributed by atoms with van der Waals surface area (Å²) in [5, 5.41) is 2.32. The molecule has 0 aliphatic heterocycles. The molecule has 4 aromatic carbocycles. The maximum absolute atomic E-state index is 3.44. The Morgan fingerprint density at radius 2 is 1.20 bits per heavy atom. The first kappa shape index (κ1) is 23.5. The molecular weight excluding hydrogens is 531 g/mol. The molecule has 0 heterocycles. The third-order valence-corrected chi connectivity index (χ3v) is 3.69. The van der Waals surface area contributed by atoms with Crippen LogP contribution < -0.4 is 0 Å². The van der Waals surface area contributed by atoms with Gasteiger partial charge in [-0.3, -0.25) is 0 Å². The second kappa shape index (κ2) is 11.3. The zero-order chi connectivity index (χ0) is 14.8. The topological polar surface area (TPSA) is 0 Å². The summed E-state index contributed by atoms with van der Waals surface area (Å²) < 4.78 is 0. The van der Waals surface area contributed by atoms with Gasteiger partial charge in [-0.1, -0.05) is 23.6 Å². The number of hydrogen-bond acceptors (Lipinski definition) is 0. The fourth-order valence-corrected chi connectivity index (χ4v) is 2.53. The van der Waals surface area contributed by atoms with Crippen molar-refractivity contribution in [2.45, 2.75) is 0 Å². The second-order valence-electron chi connectivity index (χ2n) is 5.14. The van der Waals surface area contributed by atoms with E-state index in [1.165, 1.54) is 5.39 Å². The minimum atomic E-state index is 0. The van der Waals surface area contributed by atoms with Crippen molar-refractivity contribution in [3.8, 4) is 22.3 Å². The Morgan fingerprint density at radius 1 is 0.520 bits per heavy atom. The fraction of sp³-hybridized carbons (Fsp3) is 0. The van der Waals surface area contributed by atoms with E-state index in [1.54, 1.807) is 0 Å². The Morgan fingerprint density at radius 3 is 1.88 bits per heavy atom. The Kier molecular flexibility index (Phi) is 10.6. The fourth-order valence-electron chi connectivity index (χ4n) is 2.53. The molecule has 113 valence electrons. The molecule has 0 amide bonds. The van der Waals surface area contributed by atoms with E-state index in [0.29, 0.717) is 0 Å². The molecule has 0 unspecified atom stereocenters. The average molecular weight is 543 g/mol. The molecule has 0 atom stereocenters. The van der Waals surface area contributed by atoms with Crippen LogP contribution in [-0.4, -0.2) is 0 Å². The van der Waals surface area contributed by atoms with E-state index in [4.69, 9.17) is 0 Å². The zero-order valence-electron chi connectivity index (χ0n) is 13.7. The Balaban J connectivity index is 0.00000104. The molecule has 3 heteroatoms. The van der Waals surface area contributed by atoms with Crippen molar-refractivity contribution < 1.29 is 98.1 Å². The van der Waals surface area contributed by atoms with Gasteiger partial charge in [0.15, 0.2) is 0 Å². The minimum Gasteiger partial charge on any atom is -0.245 e. The first-order chi connectivity index (χ1) is 10.9. The largest absolute Gasteiger partial charge is 0.245 e. The quantitative estimate of drug-likeness (QED) is 0.299. The van der Waals surface area contributed by atoms with Crippen LogP contribution in [0, 0.1) is 24.3 Å². The molecular formula is C22H12Y3-4. The van der Waals surface area contributed by atoms with Gasteiger partial charge in [-0.15, -0.1) is 23.6 Å². The van der Waals surface area contributed by atoms with Crippen molar-refractivity contribution in [1.82, 2.24) is 0 Å². The van der Waals surface area contributed by atoms with E-state index in [-0.39, 0.29) is 98.1 Å². The summed E-state index contributed by atoms with van der Waals surface area (Å²) in [6.45, 7) is 0. The second-order valence-corrected chi connectivity index (χ2v) is 5.14. The normalized spacial score (nSPS) is 9.44. The Labute approximate surface area is 224 Å². The summed E-state index contributed by atoms with van der Waals surface area (Å²) in [6, 6.07) is 37.6. The van der Waals surface area contributed by atoms with Gasteiger partial charge in [0.05, 0.1) is 0 Å². The van der Waals surface area contributed by atoms with Crippen LogP contribution in [-0.2, 0) is 98.1 Å². The van der Waals surface area contributed by atoms with Gasteiger partial charge in [0.25, 0.3) is 0 Å². The number of rotatable bonds is 2. The summed E-state index contributed by atoms with van der Waals surface area (Å²) in [4.78, 5) is 0. The van der Waals surface area contributed by atoms with Crippen molar-refractivity contribution in [1.29, 1.82) is 0 Å². The SMILES string of the molecule is [Y].[Y].[Y].[c-]1cc(-c2[c-]c3ccccc3cc2)[c-]cc1-c1[c-]cccc1. The van der Waals surface area contributed by atoms with Crippen LogP contribution >= 0.6 is 0 Å². The predicted molar refractivity (Wildman–Crippen MR) is 90.2 cm³/mol. The van der Waals surface area contributed by atoms with Gasteiger partial charge in [-0.2, -0.15) is 36.4 Å². The van der Waals surface area contributed by atoms with Gasteiger partial charge < -0.3 is 0 Å². The molecule has 0 N–H and O–H groups in total. The van der Waals surface area contributed by atoms with Crippen LogP contribution in [0.1, 0.15) is 0 Å². The number of fused-ring (bicyclic) bond motifs is 1. The van der Waals surface area contributed by atoms with E-state index in [2.05, 4.69) is 48.5 Å².